The van der Waals surface area contributed by atoms with Crippen molar-refractivity contribution in [1.82, 2.24) is 0 Å². The lowest BCUT2D eigenvalue weighted by molar-refractivity contribution is 0.354. The number of methoxy groups -OCH3 is 3. The molecule has 4 heteroatoms. The Morgan fingerprint density at radius 3 is 2.23 bits per heavy atom. The number of para-hydroxylation sites is 1. The Bertz CT molecular complexity index is 712. The van der Waals surface area contributed by atoms with E-state index < -0.39 is 0 Å². The Morgan fingerprint density at radius 2 is 1.68 bits per heavy atom. The first-order valence-electron chi connectivity index (χ1n) is 6.70. The highest BCUT2D eigenvalue weighted by molar-refractivity contribution is 5.91. The first-order valence-corrected chi connectivity index (χ1v) is 6.70. The van der Waals surface area contributed by atoms with Crippen molar-refractivity contribution in [3.8, 4) is 23.3 Å². The smallest absolute Gasteiger partial charge is 0.167 e. The molecule has 0 atom stereocenters. The predicted molar refractivity (Wildman–Crippen MR) is 86.0 cm³/mol. The van der Waals surface area contributed by atoms with Crippen molar-refractivity contribution in [2.24, 2.45) is 0 Å². The summed E-state index contributed by atoms with van der Waals surface area (Å²) in [5.74, 6) is 1.98. The maximum Gasteiger partial charge on any atom is 0.167 e. The van der Waals surface area contributed by atoms with Gasteiger partial charge in [-0.2, -0.15) is 5.26 Å². The Kier molecular flexibility index (Phi) is 5.05. The van der Waals surface area contributed by atoms with E-state index in [1.165, 1.54) is 0 Å². The molecule has 0 aliphatic heterocycles. The Balaban J connectivity index is 2.47. The summed E-state index contributed by atoms with van der Waals surface area (Å²) >= 11 is 0. The minimum Gasteiger partial charge on any atom is -0.497 e. The van der Waals surface area contributed by atoms with Gasteiger partial charge >= 0.3 is 0 Å². The SMILES string of the molecule is COc1ccc(C(C#N)=Cc2cccc(OC)c2OC)cc1. The van der Waals surface area contributed by atoms with Crippen LogP contribution in [0.1, 0.15) is 11.1 Å². The van der Waals surface area contributed by atoms with Crippen molar-refractivity contribution >= 4 is 11.6 Å². The van der Waals surface area contributed by atoms with Crippen molar-refractivity contribution in [3.63, 3.8) is 0 Å². The molecule has 0 aliphatic rings. The second-order valence-electron chi connectivity index (χ2n) is 4.48. The van der Waals surface area contributed by atoms with Crippen LogP contribution in [0, 0.1) is 11.3 Å². The van der Waals surface area contributed by atoms with E-state index in [0.29, 0.717) is 17.1 Å². The fraction of sp³-hybridized carbons (Fsp3) is 0.167. The summed E-state index contributed by atoms with van der Waals surface area (Å²) in [6, 6.07) is 15.1. The van der Waals surface area contributed by atoms with E-state index in [1.54, 1.807) is 27.4 Å². The van der Waals surface area contributed by atoms with Crippen LogP contribution in [0.15, 0.2) is 42.5 Å². The Morgan fingerprint density at radius 1 is 0.955 bits per heavy atom. The zero-order chi connectivity index (χ0) is 15.9. The molecule has 0 amide bonds. The molecule has 22 heavy (non-hydrogen) atoms. The summed E-state index contributed by atoms with van der Waals surface area (Å²) < 4.78 is 15.8. The van der Waals surface area contributed by atoms with E-state index in [1.807, 2.05) is 42.5 Å². The third-order valence-corrected chi connectivity index (χ3v) is 3.25. The topological polar surface area (TPSA) is 51.5 Å². The van der Waals surface area contributed by atoms with Gasteiger partial charge in [0.15, 0.2) is 11.5 Å². The highest BCUT2D eigenvalue weighted by Gasteiger charge is 2.09. The van der Waals surface area contributed by atoms with Crippen LogP contribution in [-0.2, 0) is 0 Å². The molecule has 112 valence electrons. The summed E-state index contributed by atoms with van der Waals surface area (Å²) in [7, 11) is 4.77. The van der Waals surface area contributed by atoms with Crippen molar-refractivity contribution < 1.29 is 14.2 Å². The van der Waals surface area contributed by atoms with Crippen LogP contribution in [0.4, 0.5) is 0 Å². The van der Waals surface area contributed by atoms with Gasteiger partial charge in [-0.3, -0.25) is 0 Å². The largest absolute Gasteiger partial charge is 0.497 e. The Labute approximate surface area is 130 Å². The van der Waals surface area contributed by atoms with Gasteiger partial charge in [0.25, 0.3) is 0 Å². The van der Waals surface area contributed by atoms with Crippen LogP contribution in [0.25, 0.3) is 11.6 Å². The molecule has 0 saturated heterocycles. The van der Waals surface area contributed by atoms with E-state index in [2.05, 4.69) is 6.07 Å². The average Bonchev–Trinajstić information content (AvgIpc) is 2.59. The monoisotopic (exact) mass is 295 g/mol. The number of ether oxygens (including phenoxy) is 3. The van der Waals surface area contributed by atoms with Crippen molar-refractivity contribution in [3.05, 3.63) is 53.6 Å². The second kappa shape index (κ2) is 7.19. The lowest BCUT2D eigenvalue weighted by Crippen LogP contribution is -1.93. The summed E-state index contributed by atoms with van der Waals surface area (Å²) in [6.07, 6.45) is 1.78. The molecule has 2 aromatic rings. The first kappa shape index (κ1) is 15.5. The third-order valence-electron chi connectivity index (χ3n) is 3.25. The van der Waals surface area contributed by atoms with Gasteiger partial charge < -0.3 is 14.2 Å². The number of hydrogen-bond donors (Lipinski definition) is 0. The summed E-state index contributed by atoms with van der Waals surface area (Å²) in [6.45, 7) is 0. The van der Waals surface area contributed by atoms with Crippen LogP contribution in [0.5, 0.6) is 17.2 Å². The van der Waals surface area contributed by atoms with Gasteiger partial charge in [0.2, 0.25) is 0 Å². The highest BCUT2D eigenvalue weighted by Crippen LogP contribution is 2.33. The minimum atomic E-state index is 0.536. The summed E-state index contributed by atoms with van der Waals surface area (Å²) in [5, 5.41) is 9.44. The molecule has 0 N–H and O–H groups in total. The van der Waals surface area contributed by atoms with Gasteiger partial charge in [0.05, 0.1) is 33.0 Å². The Hall–Kier alpha value is -2.93. The second-order valence-corrected chi connectivity index (χ2v) is 4.48. The van der Waals surface area contributed by atoms with Gasteiger partial charge in [-0.1, -0.05) is 12.1 Å². The number of nitrogens with zero attached hydrogens (tertiary/aromatic N) is 1. The lowest BCUT2D eigenvalue weighted by Gasteiger charge is -2.10. The quantitative estimate of drug-likeness (QED) is 0.622. The lowest BCUT2D eigenvalue weighted by atomic mass is 10.0. The molecule has 4 nitrogen and oxygen atoms in total. The maximum atomic E-state index is 9.44. The van der Waals surface area contributed by atoms with Gasteiger partial charge in [-0.25, -0.2) is 0 Å². The molecule has 0 heterocycles. The van der Waals surface area contributed by atoms with E-state index in [9.17, 15) is 5.26 Å². The zero-order valence-corrected chi connectivity index (χ0v) is 12.8. The maximum absolute atomic E-state index is 9.44. The number of nitriles is 1. The molecule has 0 aromatic heterocycles. The van der Waals surface area contributed by atoms with Gasteiger partial charge in [0.1, 0.15) is 5.75 Å². The van der Waals surface area contributed by atoms with E-state index >= 15 is 0 Å². The van der Waals surface area contributed by atoms with Crippen LogP contribution in [0.2, 0.25) is 0 Å². The molecule has 0 aliphatic carbocycles. The van der Waals surface area contributed by atoms with Gasteiger partial charge in [-0.05, 0) is 42.0 Å². The predicted octanol–water partition coefficient (Wildman–Crippen LogP) is 3.78. The highest BCUT2D eigenvalue weighted by atomic mass is 16.5. The van der Waals surface area contributed by atoms with Crippen molar-refractivity contribution in [1.29, 1.82) is 5.26 Å². The van der Waals surface area contributed by atoms with Crippen molar-refractivity contribution in [2.75, 3.05) is 21.3 Å². The fourth-order valence-electron chi connectivity index (χ4n) is 2.13. The molecule has 0 spiro atoms. The van der Waals surface area contributed by atoms with Crippen molar-refractivity contribution in [2.45, 2.75) is 0 Å². The van der Waals surface area contributed by atoms with E-state index in [-0.39, 0.29) is 0 Å². The van der Waals surface area contributed by atoms with Crippen LogP contribution in [0.3, 0.4) is 0 Å². The molecule has 2 aromatic carbocycles. The number of hydrogen-bond acceptors (Lipinski definition) is 4. The molecule has 0 radical (unpaired) electrons. The molecule has 0 fully saturated rings. The summed E-state index contributed by atoms with van der Waals surface area (Å²) in [4.78, 5) is 0. The molecule has 2 rings (SSSR count). The van der Waals surface area contributed by atoms with E-state index in [0.717, 1.165) is 16.9 Å². The van der Waals surface area contributed by atoms with Crippen LogP contribution in [-0.4, -0.2) is 21.3 Å². The molecule has 0 unspecified atom stereocenters. The number of allylic oxidation sites excluding steroid dienone is 1. The number of benzene rings is 2. The molecular formula is C18H17NO3. The zero-order valence-electron chi connectivity index (χ0n) is 12.8. The van der Waals surface area contributed by atoms with Crippen LogP contribution >= 0.6 is 0 Å². The molecule has 0 bridgehead atoms. The molecular weight excluding hydrogens is 278 g/mol. The number of rotatable bonds is 5. The first-order chi connectivity index (χ1) is 10.7. The summed E-state index contributed by atoms with van der Waals surface area (Å²) in [5.41, 5.74) is 2.14. The van der Waals surface area contributed by atoms with Crippen LogP contribution < -0.4 is 14.2 Å². The third kappa shape index (κ3) is 3.21. The standard InChI is InChI=1S/C18H17NO3/c1-20-16-9-7-13(8-10-16)15(12-19)11-14-5-4-6-17(21-2)18(14)22-3/h4-11H,1-3H3. The van der Waals surface area contributed by atoms with E-state index in [4.69, 9.17) is 14.2 Å². The fourth-order valence-corrected chi connectivity index (χ4v) is 2.13. The normalized spacial score (nSPS) is 10.7. The molecule has 0 saturated carbocycles. The van der Waals surface area contributed by atoms with Gasteiger partial charge in [0, 0.05) is 5.56 Å². The minimum absolute atomic E-state index is 0.536. The van der Waals surface area contributed by atoms with Gasteiger partial charge in [-0.15, -0.1) is 0 Å². The average molecular weight is 295 g/mol.